The lowest BCUT2D eigenvalue weighted by Crippen LogP contribution is -2.37. The zero-order valence-corrected chi connectivity index (χ0v) is 15.2. The molecule has 2 aliphatic heterocycles. The van der Waals surface area contributed by atoms with Crippen LogP contribution in [0.15, 0.2) is 0 Å². The first-order chi connectivity index (χ1) is 9.59. The van der Waals surface area contributed by atoms with Gasteiger partial charge in [-0.05, 0) is 44.2 Å². The van der Waals surface area contributed by atoms with E-state index in [0.717, 1.165) is 13.1 Å². The Morgan fingerprint density at radius 1 is 0.810 bits per heavy atom. The molecule has 21 heavy (non-hydrogen) atoms. The number of carbonyl (C=O) groups is 1. The number of carbonyl (C=O) groups excluding carboxylic acids is 1. The third kappa shape index (κ3) is 7.30. The minimum atomic E-state index is -0.190. The van der Waals surface area contributed by atoms with E-state index in [1.165, 1.54) is 45.3 Å². The van der Waals surface area contributed by atoms with Crippen molar-refractivity contribution < 1.29 is 4.79 Å². The summed E-state index contributed by atoms with van der Waals surface area (Å²) in [5.74, 6) is 0.301. The van der Waals surface area contributed by atoms with Crippen molar-refractivity contribution in [1.82, 2.24) is 9.80 Å². The van der Waals surface area contributed by atoms with E-state index in [4.69, 9.17) is 0 Å². The number of nitrogens with zero attached hydrogens (tertiary/aromatic N) is 2. The van der Waals surface area contributed by atoms with E-state index >= 15 is 0 Å². The maximum atomic E-state index is 11.6. The van der Waals surface area contributed by atoms with Crippen molar-refractivity contribution in [2.24, 2.45) is 10.8 Å². The molecule has 3 heteroatoms. The summed E-state index contributed by atoms with van der Waals surface area (Å²) >= 11 is 0. The number of amides is 1. The predicted octanol–water partition coefficient (Wildman–Crippen LogP) is 3.78. The van der Waals surface area contributed by atoms with Crippen molar-refractivity contribution in [1.29, 1.82) is 0 Å². The molecule has 2 saturated heterocycles. The average molecular weight is 296 g/mol. The fraction of sp³-hybridized carbons (Fsp3) is 0.944. The minimum absolute atomic E-state index is 0.190. The van der Waals surface area contributed by atoms with Crippen LogP contribution in [0.25, 0.3) is 0 Å². The van der Waals surface area contributed by atoms with Gasteiger partial charge in [0, 0.05) is 25.0 Å². The molecule has 0 aromatic carbocycles. The van der Waals surface area contributed by atoms with Crippen molar-refractivity contribution in [3.63, 3.8) is 0 Å². The van der Waals surface area contributed by atoms with Crippen LogP contribution in [0.4, 0.5) is 0 Å². The Bertz CT molecular complexity index is 313. The first-order valence-electron chi connectivity index (χ1n) is 8.61. The first kappa shape index (κ1) is 18.5. The molecule has 0 saturated carbocycles. The molecule has 0 atom stereocenters. The standard InChI is InChI=1S/C9H17NO.C9H19N/c1-9(2,3)8(11)10-6-4-5-7-10;1-9(2,3)8-10-6-4-5-7-10/h4-7H2,1-3H3;4-8H2,1-3H3. The molecule has 0 radical (unpaired) electrons. The van der Waals surface area contributed by atoms with E-state index in [-0.39, 0.29) is 5.41 Å². The molecule has 2 rings (SSSR count). The third-order valence-corrected chi connectivity index (χ3v) is 3.93. The van der Waals surface area contributed by atoms with Gasteiger partial charge in [-0.25, -0.2) is 0 Å². The van der Waals surface area contributed by atoms with Crippen LogP contribution in [0.3, 0.4) is 0 Å². The number of rotatable bonds is 1. The topological polar surface area (TPSA) is 23.6 Å². The van der Waals surface area contributed by atoms with E-state index in [2.05, 4.69) is 25.7 Å². The van der Waals surface area contributed by atoms with E-state index in [1.54, 1.807) is 0 Å². The van der Waals surface area contributed by atoms with Crippen molar-refractivity contribution in [2.45, 2.75) is 67.2 Å². The lowest BCUT2D eigenvalue weighted by atomic mass is 9.95. The fourth-order valence-electron chi connectivity index (χ4n) is 3.01. The van der Waals surface area contributed by atoms with Gasteiger partial charge >= 0.3 is 0 Å². The summed E-state index contributed by atoms with van der Waals surface area (Å²) in [6.45, 7) is 18.7. The second-order valence-electron chi connectivity index (χ2n) is 8.79. The van der Waals surface area contributed by atoms with E-state index < -0.39 is 0 Å². The highest BCUT2D eigenvalue weighted by Crippen LogP contribution is 2.20. The lowest BCUT2D eigenvalue weighted by molar-refractivity contribution is -0.138. The molecule has 0 unspecified atom stereocenters. The summed E-state index contributed by atoms with van der Waals surface area (Å²) in [5.41, 5.74) is 0.300. The quantitative estimate of drug-likeness (QED) is 0.735. The van der Waals surface area contributed by atoms with Gasteiger partial charge in [-0.15, -0.1) is 0 Å². The van der Waals surface area contributed by atoms with Gasteiger partial charge in [0.05, 0.1) is 0 Å². The molecule has 0 bridgehead atoms. The summed E-state index contributed by atoms with van der Waals surface area (Å²) in [6, 6.07) is 0. The molecule has 0 aliphatic carbocycles. The number of likely N-dealkylation sites (tertiary alicyclic amines) is 2. The average Bonchev–Trinajstić information content (AvgIpc) is 2.97. The maximum Gasteiger partial charge on any atom is 0.227 e. The van der Waals surface area contributed by atoms with Crippen LogP contribution in [-0.4, -0.2) is 48.4 Å². The first-order valence-corrected chi connectivity index (χ1v) is 8.61. The zero-order chi connectivity index (χ0) is 16.1. The molecule has 0 aromatic heterocycles. The highest BCUT2D eigenvalue weighted by molar-refractivity contribution is 5.81. The van der Waals surface area contributed by atoms with Crippen molar-refractivity contribution >= 4 is 5.91 Å². The molecule has 3 nitrogen and oxygen atoms in total. The van der Waals surface area contributed by atoms with Crippen LogP contribution < -0.4 is 0 Å². The smallest absolute Gasteiger partial charge is 0.227 e. The van der Waals surface area contributed by atoms with E-state index in [9.17, 15) is 4.79 Å². The van der Waals surface area contributed by atoms with Gasteiger partial charge < -0.3 is 9.80 Å². The Labute approximate surface area is 132 Å². The van der Waals surface area contributed by atoms with Crippen LogP contribution in [0, 0.1) is 10.8 Å². The second-order valence-corrected chi connectivity index (χ2v) is 8.79. The Balaban J connectivity index is 0.000000211. The molecule has 0 N–H and O–H groups in total. The van der Waals surface area contributed by atoms with Gasteiger partial charge in [0.15, 0.2) is 0 Å². The molecule has 124 valence electrons. The van der Waals surface area contributed by atoms with Crippen LogP contribution >= 0.6 is 0 Å². The van der Waals surface area contributed by atoms with Crippen molar-refractivity contribution in [2.75, 3.05) is 32.7 Å². The molecule has 0 spiro atoms. The zero-order valence-electron chi connectivity index (χ0n) is 15.2. The molecule has 2 heterocycles. The van der Waals surface area contributed by atoms with Gasteiger partial charge in [-0.2, -0.15) is 0 Å². The van der Waals surface area contributed by atoms with Gasteiger partial charge in [0.2, 0.25) is 5.91 Å². The molecule has 0 aromatic rings. The molecule has 2 aliphatic rings. The minimum Gasteiger partial charge on any atom is -0.342 e. The van der Waals surface area contributed by atoms with Crippen LogP contribution in [-0.2, 0) is 4.79 Å². The van der Waals surface area contributed by atoms with Gasteiger partial charge in [-0.1, -0.05) is 41.5 Å². The highest BCUT2D eigenvalue weighted by Gasteiger charge is 2.28. The largest absolute Gasteiger partial charge is 0.342 e. The molecular weight excluding hydrogens is 260 g/mol. The highest BCUT2D eigenvalue weighted by atomic mass is 16.2. The predicted molar refractivity (Wildman–Crippen MR) is 90.4 cm³/mol. The normalized spacial score (nSPS) is 20.4. The fourth-order valence-corrected chi connectivity index (χ4v) is 3.01. The van der Waals surface area contributed by atoms with Gasteiger partial charge in [-0.3, -0.25) is 4.79 Å². The maximum absolute atomic E-state index is 11.6. The van der Waals surface area contributed by atoms with Gasteiger partial charge in [0.25, 0.3) is 0 Å². The second kappa shape index (κ2) is 7.62. The SMILES string of the molecule is CC(C)(C)C(=O)N1CCCC1.CC(C)(C)CN1CCCC1. The molecule has 2 fully saturated rings. The van der Waals surface area contributed by atoms with E-state index in [1.807, 2.05) is 25.7 Å². The van der Waals surface area contributed by atoms with Crippen LogP contribution in [0.1, 0.15) is 67.2 Å². The Morgan fingerprint density at radius 2 is 1.24 bits per heavy atom. The van der Waals surface area contributed by atoms with E-state index in [0.29, 0.717) is 11.3 Å². The van der Waals surface area contributed by atoms with Crippen molar-refractivity contribution in [3.8, 4) is 0 Å². The summed E-state index contributed by atoms with van der Waals surface area (Å²) in [4.78, 5) is 16.1. The van der Waals surface area contributed by atoms with Crippen LogP contribution in [0.2, 0.25) is 0 Å². The lowest BCUT2D eigenvalue weighted by Gasteiger charge is -2.25. The van der Waals surface area contributed by atoms with Gasteiger partial charge in [0.1, 0.15) is 0 Å². The third-order valence-electron chi connectivity index (χ3n) is 3.93. The van der Waals surface area contributed by atoms with Crippen LogP contribution in [0.5, 0.6) is 0 Å². The summed E-state index contributed by atoms with van der Waals surface area (Å²) in [7, 11) is 0. The monoisotopic (exact) mass is 296 g/mol. The van der Waals surface area contributed by atoms with Crippen molar-refractivity contribution in [3.05, 3.63) is 0 Å². The Morgan fingerprint density at radius 3 is 1.62 bits per heavy atom. The summed E-state index contributed by atoms with van der Waals surface area (Å²) in [6.07, 6.45) is 5.19. The Hall–Kier alpha value is -0.570. The summed E-state index contributed by atoms with van der Waals surface area (Å²) < 4.78 is 0. The number of hydrogen-bond donors (Lipinski definition) is 0. The summed E-state index contributed by atoms with van der Waals surface area (Å²) in [5, 5.41) is 0. The molecule has 1 amide bonds. The number of hydrogen-bond acceptors (Lipinski definition) is 2. The molecular formula is C18H36N2O. The Kier molecular flexibility index (Phi) is 6.71.